The van der Waals surface area contributed by atoms with Gasteiger partial charge in [-0.05, 0) is 42.5 Å². The fourth-order valence-corrected chi connectivity index (χ4v) is 3.46. The number of ether oxygens (including phenoxy) is 2. The molecule has 0 atom stereocenters. The summed E-state index contributed by atoms with van der Waals surface area (Å²) in [6.45, 7) is 0. The molecular weight excluding hydrogens is 380 g/mol. The van der Waals surface area contributed by atoms with E-state index in [1.54, 1.807) is 77.6 Å². The minimum absolute atomic E-state index is 0.200. The molecule has 0 radical (unpaired) electrons. The summed E-state index contributed by atoms with van der Waals surface area (Å²) in [5.41, 5.74) is 2.26. The zero-order valence-electron chi connectivity index (χ0n) is 16.6. The minimum atomic E-state index is -0.225. The van der Waals surface area contributed by atoms with Gasteiger partial charge in [0.1, 0.15) is 17.2 Å². The van der Waals surface area contributed by atoms with Crippen molar-refractivity contribution in [3.63, 3.8) is 0 Å². The van der Waals surface area contributed by atoms with Crippen molar-refractivity contribution in [2.75, 3.05) is 14.2 Å². The highest BCUT2D eigenvalue weighted by Gasteiger charge is 2.23. The van der Waals surface area contributed by atoms with Gasteiger partial charge in [-0.2, -0.15) is 0 Å². The Morgan fingerprint density at radius 3 is 2.00 bits per heavy atom. The van der Waals surface area contributed by atoms with Gasteiger partial charge in [-0.15, -0.1) is 0 Å². The van der Waals surface area contributed by atoms with Crippen molar-refractivity contribution >= 4 is 11.6 Å². The average Bonchev–Trinajstić information content (AvgIpc) is 3.47. The lowest BCUT2D eigenvalue weighted by Crippen LogP contribution is -2.13. The smallest absolute Gasteiger partial charge is 0.215 e. The van der Waals surface area contributed by atoms with Crippen molar-refractivity contribution in [2.45, 2.75) is 0 Å². The van der Waals surface area contributed by atoms with Crippen molar-refractivity contribution < 1.29 is 19.1 Å². The summed E-state index contributed by atoms with van der Waals surface area (Å²) in [5.74, 6) is 0.557. The maximum atomic E-state index is 13.2. The first kappa shape index (κ1) is 19.3. The molecule has 6 nitrogen and oxygen atoms in total. The van der Waals surface area contributed by atoms with Crippen LogP contribution in [0.25, 0.3) is 5.69 Å². The van der Waals surface area contributed by atoms with Crippen LogP contribution in [0.2, 0.25) is 0 Å². The van der Waals surface area contributed by atoms with E-state index in [0.29, 0.717) is 39.7 Å². The molecule has 0 saturated carbocycles. The Labute approximate surface area is 173 Å². The lowest BCUT2D eigenvalue weighted by Gasteiger charge is -2.12. The van der Waals surface area contributed by atoms with Crippen LogP contribution in [-0.4, -0.2) is 35.3 Å². The van der Waals surface area contributed by atoms with Gasteiger partial charge in [-0.3, -0.25) is 9.59 Å². The van der Waals surface area contributed by atoms with E-state index in [1.165, 1.54) is 14.2 Å². The molecule has 6 heteroatoms. The summed E-state index contributed by atoms with van der Waals surface area (Å²) in [7, 11) is 3.05. The van der Waals surface area contributed by atoms with Crippen molar-refractivity contribution in [1.82, 2.24) is 9.55 Å². The number of hydrogen-bond acceptors (Lipinski definition) is 4. The molecule has 4 aromatic rings. The van der Waals surface area contributed by atoms with E-state index in [0.717, 1.165) is 0 Å². The largest absolute Gasteiger partial charge is 0.496 e. The molecule has 2 aromatic carbocycles. The monoisotopic (exact) mass is 400 g/mol. The number of aromatic amines is 1. The van der Waals surface area contributed by atoms with Gasteiger partial charge in [0, 0.05) is 12.4 Å². The predicted octanol–water partition coefficient (Wildman–Crippen LogP) is 4.28. The average molecular weight is 400 g/mol. The predicted molar refractivity (Wildman–Crippen MR) is 113 cm³/mol. The Morgan fingerprint density at radius 1 is 0.767 bits per heavy atom. The van der Waals surface area contributed by atoms with Crippen LogP contribution in [0.1, 0.15) is 32.1 Å². The first-order valence-electron chi connectivity index (χ1n) is 9.36. The van der Waals surface area contributed by atoms with Gasteiger partial charge in [-0.25, -0.2) is 0 Å². The topological polar surface area (TPSA) is 73.3 Å². The first-order valence-corrected chi connectivity index (χ1v) is 9.36. The number of carbonyl (C=O) groups is 2. The van der Waals surface area contributed by atoms with Crippen LogP contribution >= 0.6 is 0 Å². The third-order valence-electron chi connectivity index (χ3n) is 4.90. The number of nitrogens with one attached hydrogen (secondary N) is 1. The van der Waals surface area contributed by atoms with Crippen molar-refractivity contribution in [1.29, 1.82) is 0 Å². The number of nitrogens with zero attached hydrogens (tertiary/aromatic N) is 1. The molecule has 2 aromatic heterocycles. The molecule has 0 aliphatic rings. The molecule has 30 heavy (non-hydrogen) atoms. The lowest BCUT2D eigenvalue weighted by molar-refractivity contribution is 0.101. The Bertz CT molecular complexity index is 1120. The molecule has 150 valence electrons. The summed E-state index contributed by atoms with van der Waals surface area (Å²) in [6.07, 6.45) is 3.43. The van der Waals surface area contributed by atoms with Gasteiger partial charge in [0.15, 0.2) is 0 Å². The van der Waals surface area contributed by atoms with Gasteiger partial charge >= 0.3 is 0 Å². The number of benzene rings is 2. The highest BCUT2D eigenvalue weighted by atomic mass is 16.5. The number of rotatable bonds is 7. The molecule has 0 aliphatic carbocycles. The van der Waals surface area contributed by atoms with Crippen molar-refractivity contribution in [3.05, 3.63) is 102 Å². The molecule has 1 N–H and O–H groups in total. The third-order valence-corrected chi connectivity index (χ3v) is 4.90. The molecule has 2 heterocycles. The number of ketones is 2. The maximum absolute atomic E-state index is 13.2. The molecule has 0 saturated heterocycles. The number of hydrogen-bond donors (Lipinski definition) is 1. The van der Waals surface area contributed by atoms with Gasteiger partial charge in [-0.1, -0.05) is 24.3 Å². The minimum Gasteiger partial charge on any atom is -0.496 e. The molecule has 0 aliphatic heterocycles. The van der Waals surface area contributed by atoms with E-state index in [4.69, 9.17) is 9.47 Å². The quantitative estimate of drug-likeness (QED) is 0.470. The second-order valence-corrected chi connectivity index (χ2v) is 6.56. The number of para-hydroxylation sites is 2. The van der Waals surface area contributed by atoms with Gasteiger partial charge in [0.05, 0.1) is 36.7 Å². The summed E-state index contributed by atoms with van der Waals surface area (Å²) in [4.78, 5) is 29.5. The van der Waals surface area contributed by atoms with E-state index in [-0.39, 0.29) is 11.6 Å². The van der Waals surface area contributed by atoms with Gasteiger partial charge in [0.25, 0.3) is 0 Å². The van der Waals surface area contributed by atoms with Crippen LogP contribution in [0.4, 0.5) is 0 Å². The Morgan fingerprint density at radius 2 is 1.37 bits per heavy atom. The maximum Gasteiger partial charge on any atom is 0.215 e. The SMILES string of the molecule is COc1ccccc1C(=O)c1[nH]ccc1-n1cccc1C(=O)c1ccccc1OC. The lowest BCUT2D eigenvalue weighted by atomic mass is 10.1. The number of methoxy groups -OCH3 is 2. The molecule has 0 unspecified atom stereocenters. The molecule has 4 rings (SSSR count). The summed E-state index contributed by atoms with van der Waals surface area (Å²) in [6, 6.07) is 19.4. The first-order chi connectivity index (χ1) is 14.7. The highest BCUT2D eigenvalue weighted by Crippen LogP contribution is 2.27. The van der Waals surface area contributed by atoms with Gasteiger partial charge < -0.3 is 19.0 Å². The van der Waals surface area contributed by atoms with Crippen molar-refractivity contribution in [3.8, 4) is 17.2 Å². The second kappa shape index (κ2) is 8.13. The zero-order valence-corrected chi connectivity index (χ0v) is 16.6. The number of carbonyl (C=O) groups excluding carboxylic acids is 2. The fraction of sp³-hybridized carbons (Fsp3) is 0.0833. The van der Waals surface area contributed by atoms with Crippen LogP contribution in [-0.2, 0) is 0 Å². The van der Waals surface area contributed by atoms with E-state index in [2.05, 4.69) is 4.98 Å². The standard InChI is InChI=1S/C24H20N2O4/c1-29-20-11-5-3-8-16(20)23(27)19-10-7-15-26(19)18-13-14-25-22(18)24(28)17-9-4-6-12-21(17)30-2/h3-15,25H,1-2H3. The Balaban J connectivity index is 1.77. The van der Waals surface area contributed by atoms with Crippen LogP contribution < -0.4 is 9.47 Å². The Kier molecular flexibility index (Phi) is 5.22. The summed E-state index contributed by atoms with van der Waals surface area (Å²) in [5, 5.41) is 0. The molecule has 0 fully saturated rings. The summed E-state index contributed by atoms with van der Waals surface area (Å²) < 4.78 is 12.4. The summed E-state index contributed by atoms with van der Waals surface area (Å²) >= 11 is 0. The normalized spacial score (nSPS) is 10.6. The van der Waals surface area contributed by atoms with E-state index < -0.39 is 0 Å². The van der Waals surface area contributed by atoms with Gasteiger partial charge in [0.2, 0.25) is 11.6 Å². The van der Waals surface area contributed by atoms with Crippen molar-refractivity contribution in [2.24, 2.45) is 0 Å². The molecular formula is C24H20N2O4. The second-order valence-electron chi connectivity index (χ2n) is 6.56. The van der Waals surface area contributed by atoms with Crippen LogP contribution in [0, 0.1) is 0 Å². The number of aromatic nitrogens is 2. The number of H-pyrrole nitrogens is 1. The fourth-order valence-electron chi connectivity index (χ4n) is 3.46. The Hall–Kier alpha value is -4.06. The van der Waals surface area contributed by atoms with Crippen LogP contribution in [0.3, 0.4) is 0 Å². The van der Waals surface area contributed by atoms with Crippen LogP contribution in [0.15, 0.2) is 79.1 Å². The molecule has 0 spiro atoms. The van der Waals surface area contributed by atoms with E-state index in [9.17, 15) is 9.59 Å². The van der Waals surface area contributed by atoms with E-state index >= 15 is 0 Å². The molecule has 0 amide bonds. The zero-order chi connectivity index (χ0) is 21.1. The van der Waals surface area contributed by atoms with Crippen LogP contribution in [0.5, 0.6) is 11.5 Å². The highest BCUT2D eigenvalue weighted by molar-refractivity contribution is 6.13. The van der Waals surface area contributed by atoms with E-state index in [1.807, 2.05) is 6.07 Å². The molecule has 0 bridgehead atoms. The third kappa shape index (κ3) is 3.28.